The summed E-state index contributed by atoms with van der Waals surface area (Å²) in [6.07, 6.45) is 0. The molecule has 3 aliphatic heterocycles. The first-order valence-corrected chi connectivity index (χ1v) is 12.3. The summed E-state index contributed by atoms with van der Waals surface area (Å²) in [4.78, 5) is 41.3. The zero-order valence-corrected chi connectivity index (χ0v) is 18.9. The van der Waals surface area contributed by atoms with Gasteiger partial charge in [-0.3, -0.25) is 24.6 Å². The third-order valence-corrected chi connectivity index (χ3v) is 8.37. The Hall–Kier alpha value is -3.49. The van der Waals surface area contributed by atoms with Gasteiger partial charge in [-0.2, -0.15) is 0 Å². The van der Waals surface area contributed by atoms with Crippen molar-refractivity contribution >= 4 is 34.8 Å². The summed E-state index contributed by atoms with van der Waals surface area (Å²) in [5, 5.41) is 14.5. The molecule has 3 aromatic carbocycles. The highest BCUT2D eigenvalue weighted by Gasteiger charge is 2.69. The molecule has 2 saturated heterocycles. The molecule has 6 rings (SSSR count). The third kappa shape index (κ3) is 2.82. The molecule has 7 nitrogen and oxygen atoms in total. The van der Waals surface area contributed by atoms with Crippen molar-refractivity contribution in [2.24, 2.45) is 5.92 Å². The van der Waals surface area contributed by atoms with Gasteiger partial charge in [0.1, 0.15) is 5.54 Å². The Labute approximate surface area is 200 Å². The highest BCUT2D eigenvalue weighted by molar-refractivity contribution is 7.99. The maximum absolute atomic E-state index is 14.3. The Bertz CT molecular complexity index is 1330. The lowest BCUT2D eigenvalue weighted by molar-refractivity contribution is -0.384. The number of benzene rings is 3. The lowest BCUT2D eigenvalue weighted by Crippen LogP contribution is -2.52. The van der Waals surface area contributed by atoms with Gasteiger partial charge in [-0.25, -0.2) is 0 Å². The van der Waals surface area contributed by atoms with Crippen LogP contribution in [0.15, 0.2) is 78.9 Å². The van der Waals surface area contributed by atoms with Crippen molar-refractivity contribution in [2.75, 3.05) is 16.9 Å². The third-order valence-electron chi connectivity index (χ3n) is 7.34. The maximum Gasteiger partial charge on any atom is 0.270 e. The van der Waals surface area contributed by atoms with Crippen molar-refractivity contribution in [3.63, 3.8) is 0 Å². The van der Waals surface area contributed by atoms with Crippen LogP contribution in [-0.2, 0) is 10.3 Å². The van der Waals surface area contributed by atoms with E-state index >= 15 is 0 Å². The standard InChI is InChI=1S/C26H21N3O4S/c30-24(17-9-6-10-18(13-17)29(32)33)23-22(16-7-2-1-3-8-16)21-14-34-15-28(21)26(23)19-11-4-5-12-20(19)27-25(26)31/h1-13,21-23H,14-15H2,(H,27,31)/t21-,22+,23-,26-/m0/s1. The smallest absolute Gasteiger partial charge is 0.270 e. The van der Waals surface area contributed by atoms with Gasteiger partial charge in [-0.15, -0.1) is 11.8 Å². The number of hydrogen-bond donors (Lipinski definition) is 1. The van der Waals surface area contributed by atoms with Crippen LogP contribution in [0.25, 0.3) is 0 Å². The molecule has 34 heavy (non-hydrogen) atoms. The van der Waals surface area contributed by atoms with Crippen molar-refractivity contribution in [1.82, 2.24) is 4.90 Å². The summed E-state index contributed by atoms with van der Waals surface area (Å²) in [7, 11) is 0. The summed E-state index contributed by atoms with van der Waals surface area (Å²) in [6.45, 7) is 0. The number of ketones is 1. The van der Waals surface area contributed by atoms with Crippen LogP contribution in [0.4, 0.5) is 11.4 Å². The molecule has 3 aliphatic rings. The van der Waals surface area contributed by atoms with Crippen molar-refractivity contribution in [1.29, 1.82) is 0 Å². The molecular weight excluding hydrogens is 450 g/mol. The Morgan fingerprint density at radius 3 is 2.62 bits per heavy atom. The Kier molecular flexibility index (Phi) is 4.82. The van der Waals surface area contributed by atoms with Crippen LogP contribution in [-0.4, -0.2) is 39.2 Å². The summed E-state index contributed by atoms with van der Waals surface area (Å²) >= 11 is 1.76. The molecular formula is C26H21N3O4S. The van der Waals surface area contributed by atoms with E-state index < -0.39 is 16.4 Å². The van der Waals surface area contributed by atoms with Gasteiger partial charge in [0.15, 0.2) is 5.78 Å². The van der Waals surface area contributed by atoms with E-state index in [1.807, 2.05) is 54.6 Å². The monoisotopic (exact) mass is 471 g/mol. The number of carbonyl (C=O) groups is 2. The largest absolute Gasteiger partial charge is 0.324 e. The van der Waals surface area contributed by atoms with E-state index in [4.69, 9.17) is 0 Å². The highest BCUT2D eigenvalue weighted by atomic mass is 32.2. The molecule has 1 amide bonds. The summed E-state index contributed by atoms with van der Waals surface area (Å²) in [5.41, 5.74) is 1.46. The van der Waals surface area contributed by atoms with Crippen LogP contribution in [0.1, 0.15) is 27.4 Å². The number of rotatable bonds is 4. The molecule has 1 spiro atoms. The van der Waals surface area contributed by atoms with Crippen LogP contribution in [0.5, 0.6) is 0 Å². The van der Waals surface area contributed by atoms with Gasteiger partial charge >= 0.3 is 0 Å². The normalized spacial score (nSPS) is 27.4. The molecule has 3 aromatic rings. The topological polar surface area (TPSA) is 92.5 Å². The Morgan fingerprint density at radius 2 is 1.82 bits per heavy atom. The van der Waals surface area contributed by atoms with E-state index in [0.29, 0.717) is 11.6 Å². The van der Waals surface area contributed by atoms with Crippen LogP contribution in [0, 0.1) is 16.0 Å². The van der Waals surface area contributed by atoms with Gasteiger partial charge in [0.05, 0.1) is 10.8 Å². The van der Waals surface area contributed by atoms with Gasteiger partial charge in [-0.05, 0) is 11.6 Å². The van der Waals surface area contributed by atoms with Crippen molar-refractivity contribution in [2.45, 2.75) is 17.5 Å². The second kappa shape index (κ2) is 7.78. The predicted octanol–water partition coefficient (Wildman–Crippen LogP) is 4.41. The van der Waals surface area contributed by atoms with Crippen LogP contribution >= 0.6 is 11.8 Å². The lowest BCUT2D eigenvalue weighted by atomic mass is 9.69. The zero-order chi connectivity index (χ0) is 23.4. The second-order valence-electron chi connectivity index (χ2n) is 8.89. The van der Waals surface area contributed by atoms with E-state index in [9.17, 15) is 19.7 Å². The number of thioether (sulfide) groups is 1. The highest BCUT2D eigenvalue weighted by Crippen LogP contribution is 2.61. The maximum atomic E-state index is 14.3. The lowest BCUT2D eigenvalue weighted by Gasteiger charge is -2.36. The van der Waals surface area contributed by atoms with Crippen molar-refractivity contribution in [3.8, 4) is 0 Å². The Balaban J connectivity index is 1.60. The predicted molar refractivity (Wildman–Crippen MR) is 130 cm³/mol. The number of nitro groups is 1. The summed E-state index contributed by atoms with van der Waals surface area (Å²) in [6, 6.07) is 23.2. The molecule has 0 bridgehead atoms. The molecule has 0 unspecified atom stereocenters. The molecule has 0 aromatic heterocycles. The molecule has 0 aliphatic carbocycles. The molecule has 4 atom stereocenters. The molecule has 3 heterocycles. The fraction of sp³-hybridized carbons (Fsp3) is 0.231. The zero-order valence-electron chi connectivity index (χ0n) is 18.1. The molecule has 2 fully saturated rings. The second-order valence-corrected chi connectivity index (χ2v) is 9.89. The number of Topliss-reactive ketones (excluding diaryl/α,β-unsaturated/α-hetero) is 1. The Morgan fingerprint density at radius 1 is 1.06 bits per heavy atom. The molecule has 0 saturated carbocycles. The van der Waals surface area contributed by atoms with Gasteiger partial charge in [0.2, 0.25) is 5.91 Å². The number of non-ortho nitro benzene ring substituents is 1. The van der Waals surface area contributed by atoms with Crippen LogP contribution in [0.2, 0.25) is 0 Å². The minimum atomic E-state index is -1.17. The molecule has 1 N–H and O–H groups in total. The number of nitrogens with one attached hydrogen (secondary N) is 1. The average Bonchev–Trinajstić information content (AvgIpc) is 3.52. The number of nitro benzene ring substituents is 1. The summed E-state index contributed by atoms with van der Waals surface area (Å²) < 4.78 is 0. The first kappa shape index (κ1) is 21.1. The minimum Gasteiger partial charge on any atom is -0.324 e. The number of nitrogens with zero attached hydrogens (tertiary/aromatic N) is 2. The number of amides is 1. The molecule has 170 valence electrons. The van der Waals surface area contributed by atoms with E-state index in [1.54, 1.807) is 17.8 Å². The molecule has 0 radical (unpaired) electrons. The first-order chi connectivity index (χ1) is 16.5. The van der Waals surface area contributed by atoms with Gasteiger partial charge in [0, 0.05) is 52.5 Å². The van der Waals surface area contributed by atoms with Crippen molar-refractivity contribution < 1.29 is 14.5 Å². The first-order valence-electron chi connectivity index (χ1n) is 11.1. The SMILES string of the molecule is O=C(c1cccc([N+](=O)[O-])c1)[C@@H]1[C@H](c2ccccc2)[C@@H]2CSCN2[C@]12C(=O)Nc1ccccc12. The number of hydrogen-bond acceptors (Lipinski definition) is 6. The number of carbonyl (C=O) groups excluding carboxylic acids is 2. The van der Waals surface area contributed by atoms with E-state index in [0.717, 1.165) is 16.9 Å². The number of anilines is 1. The number of fused-ring (bicyclic) bond motifs is 4. The van der Waals surface area contributed by atoms with Crippen LogP contribution < -0.4 is 5.32 Å². The number of para-hydroxylation sites is 1. The fourth-order valence-electron chi connectivity index (χ4n) is 6.03. The average molecular weight is 472 g/mol. The van der Waals surface area contributed by atoms with Crippen molar-refractivity contribution in [3.05, 3.63) is 106 Å². The van der Waals surface area contributed by atoms with Gasteiger partial charge in [0.25, 0.3) is 5.69 Å². The van der Waals surface area contributed by atoms with Gasteiger partial charge < -0.3 is 5.32 Å². The quantitative estimate of drug-likeness (QED) is 0.344. The van der Waals surface area contributed by atoms with Gasteiger partial charge in [-0.1, -0.05) is 60.7 Å². The van der Waals surface area contributed by atoms with E-state index in [-0.39, 0.29) is 34.9 Å². The van der Waals surface area contributed by atoms with E-state index in [2.05, 4.69) is 10.2 Å². The molecule has 8 heteroatoms. The fourth-order valence-corrected chi connectivity index (χ4v) is 7.36. The van der Waals surface area contributed by atoms with E-state index in [1.165, 1.54) is 18.2 Å². The minimum absolute atomic E-state index is 0.0167. The summed E-state index contributed by atoms with van der Waals surface area (Å²) in [5.74, 6) is 0.0165. The van der Waals surface area contributed by atoms with Crippen LogP contribution in [0.3, 0.4) is 0 Å².